The summed E-state index contributed by atoms with van der Waals surface area (Å²) in [6, 6.07) is 15.5. The van der Waals surface area contributed by atoms with Gasteiger partial charge in [-0.15, -0.1) is 0 Å². The molecule has 0 N–H and O–H groups in total. The first-order chi connectivity index (χ1) is 15.5. The van der Waals surface area contributed by atoms with E-state index in [1.54, 1.807) is 47.0 Å². The number of anilines is 1. The molecule has 0 saturated heterocycles. The Morgan fingerprint density at radius 2 is 1.81 bits per heavy atom. The highest BCUT2D eigenvalue weighted by molar-refractivity contribution is 7.71. The van der Waals surface area contributed by atoms with Crippen LogP contribution in [0.2, 0.25) is 5.02 Å². The van der Waals surface area contributed by atoms with Gasteiger partial charge >= 0.3 is 0 Å². The van der Waals surface area contributed by atoms with E-state index in [1.807, 2.05) is 31.3 Å². The molecule has 0 atom stereocenters. The highest BCUT2D eigenvalue weighted by Crippen LogP contribution is 2.32. The first kappa shape index (κ1) is 22.0. The van der Waals surface area contributed by atoms with Crippen LogP contribution in [0.3, 0.4) is 0 Å². The average molecular weight is 470 g/mol. The van der Waals surface area contributed by atoms with Crippen molar-refractivity contribution in [3.05, 3.63) is 82.6 Å². The summed E-state index contributed by atoms with van der Waals surface area (Å²) in [6.45, 7) is 1.19. The maximum absolute atomic E-state index is 14.2. The van der Waals surface area contributed by atoms with Gasteiger partial charge in [-0.3, -0.25) is 9.55 Å². The Balaban J connectivity index is 1.78. The fraction of sp³-hybridized carbons (Fsp3) is 0.174. The summed E-state index contributed by atoms with van der Waals surface area (Å²) in [5.41, 5.74) is 2.32. The first-order valence-corrected chi connectivity index (χ1v) is 10.7. The molecule has 0 saturated carbocycles. The SMILES string of the molecule is COc1ccc(F)cc1-c1nn(CCN(C)c2ccncc2)c(=S)n1-c1ccc(Cl)cc1. The molecule has 0 aliphatic rings. The van der Waals surface area contributed by atoms with Gasteiger partial charge in [-0.1, -0.05) is 11.6 Å². The summed E-state index contributed by atoms with van der Waals surface area (Å²) < 4.78 is 23.6. The molecule has 0 aliphatic carbocycles. The van der Waals surface area contributed by atoms with Crippen molar-refractivity contribution in [3.63, 3.8) is 0 Å². The number of nitrogens with zero attached hydrogens (tertiary/aromatic N) is 5. The summed E-state index contributed by atoms with van der Waals surface area (Å²) in [7, 11) is 3.53. The predicted octanol–water partition coefficient (Wildman–Crippen LogP) is 5.40. The van der Waals surface area contributed by atoms with Crippen LogP contribution in [0.4, 0.5) is 10.1 Å². The van der Waals surface area contributed by atoms with Crippen molar-refractivity contribution in [2.24, 2.45) is 0 Å². The number of pyridine rings is 1. The molecule has 4 aromatic rings. The second-order valence-corrected chi connectivity index (χ2v) is 7.91. The van der Waals surface area contributed by atoms with Crippen LogP contribution < -0.4 is 9.64 Å². The lowest BCUT2D eigenvalue weighted by Gasteiger charge is -2.18. The van der Waals surface area contributed by atoms with Crippen LogP contribution in [0, 0.1) is 10.6 Å². The summed E-state index contributed by atoms with van der Waals surface area (Å²) in [6.07, 6.45) is 3.50. The topological polar surface area (TPSA) is 48.1 Å². The minimum absolute atomic E-state index is 0.388. The molecule has 0 amide bonds. The molecule has 0 aliphatic heterocycles. The highest BCUT2D eigenvalue weighted by atomic mass is 35.5. The number of halogens is 2. The van der Waals surface area contributed by atoms with E-state index in [4.69, 9.17) is 33.7 Å². The fourth-order valence-electron chi connectivity index (χ4n) is 3.38. The quantitative estimate of drug-likeness (QED) is 0.339. The number of aromatic nitrogens is 4. The van der Waals surface area contributed by atoms with Gasteiger partial charge in [-0.05, 0) is 66.8 Å². The van der Waals surface area contributed by atoms with Gasteiger partial charge in [0.05, 0.1) is 24.9 Å². The van der Waals surface area contributed by atoms with Gasteiger partial charge in [0.1, 0.15) is 11.6 Å². The van der Waals surface area contributed by atoms with E-state index >= 15 is 0 Å². The predicted molar refractivity (Wildman–Crippen MR) is 127 cm³/mol. The van der Waals surface area contributed by atoms with Crippen molar-refractivity contribution in [2.45, 2.75) is 6.54 Å². The lowest BCUT2D eigenvalue weighted by Crippen LogP contribution is -2.23. The molecular formula is C23H21ClFN5OS. The van der Waals surface area contributed by atoms with Crippen LogP contribution in [-0.4, -0.2) is 40.0 Å². The second kappa shape index (κ2) is 9.50. The van der Waals surface area contributed by atoms with Crippen molar-refractivity contribution < 1.29 is 9.13 Å². The fourth-order valence-corrected chi connectivity index (χ4v) is 3.83. The van der Waals surface area contributed by atoms with Gasteiger partial charge < -0.3 is 9.64 Å². The minimum Gasteiger partial charge on any atom is -0.496 e. The monoisotopic (exact) mass is 469 g/mol. The van der Waals surface area contributed by atoms with Crippen molar-refractivity contribution in [2.75, 3.05) is 25.6 Å². The molecule has 0 spiro atoms. The maximum atomic E-state index is 14.2. The Kier molecular flexibility index (Phi) is 6.53. The van der Waals surface area contributed by atoms with E-state index in [9.17, 15) is 4.39 Å². The van der Waals surface area contributed by atoms with Gasteiger partial charge in [0, 0.05) is 36.7 Å². The molecule has 32 heavy (non-hydrogen) atoms. The minimum atomic E-state index is -0.388. The zero-order chi connectivity index (χ0) is 22.7. The van der Waals surface area contributed by atoms with Crippen LogP contribution >= 0.6 is 23.8 Å². The Labute approximate surface area is 195 Å². The lowest BCUT2D eigenvalue weighted by atomic mass is 10.1. The number of ether oxygens (including phenoxy) is 1. The van der Waals surface area contributed by atoms with E-state index in [2.05, 4.69) is 9.88 Å². The number of hydrogen-bond donors (Lipinski definition) is 0. The van der Waals surface area contributed by atoms with Crippen LogP contribution in [0.5, 0.6) is 5.75 Å². The molecule has 6 nitrogen and oxygen atoms in total. The molecular weight excluding hydrogens is 449 g/mol. The van der Waals surface area contributed by atoms with E-state index in [0.29, 0.717) is 40.0 Å². The summed E-state index contributed by atoms with van der Waals surface area (Å²) in [4.78, 5) is 6.15. The third kappa shape index (κ3) is 4.51. The Morgan fingerprint density at radius 1 is 1.09 bits per heavy atom. The number of methoxy groups -OCH3 is 1. The van der Waals surface area contributed by atoms with Crippen LogP contribution in [0.15, 0.2) is 67.0 Å². The zero-order valence-corrected chi connectivity index (χ0v) is 19.1. The maximum Gasteiger partial charge on any atom is 0.202 e. The highest BCUT2D eigenvalue weighted by Gasteiger charge is 2.19. The molecule has 0 fully saturated rings. The zero-order valence-electron chi connectivity index (χ0n) is 17.6. The normalized spacial score (nSPS) is 10.9. The van der Waals surface area contributed by atoms with E-state index in [0.717, 1.165) is 11.4 Å². The number of benzene rings is 2. The Hall–Kier alpha value is -3.23. The summed E-state index contributed by atoms with van der Waals surface area (Å²) in [5.74, 6) is 0.601. The van der Waals surface area contributed by atoms with Crippen molar-refractivity contribution in [3.8, 4) is 22.8 Å². The van der Waals surface area contributed by atoms with Gasteiger partial charge in [0.2, 0.25) is 4.77 Å². The van der Waals surface area contributed by atoms with Gasteiger partial charge in [-0.25, -0.2) is 9.07 Å². The van der Waals surface area contributed by atoms with Gasteiger partial charge in [0.15, 0.2) is 5.82 Å². The molecule has 4 rings (SSSR count). The van der Waals surface area contributed by atoms with E-state index in [1.165, 1.54) is 12.1 Å². The molecule has 0 radical (unpaired) electrons. The van der Waals surface area contributed by atoms with Crippen molar-refractivity contribution in [1.82, 2.24) is 19.3 Å². The smallest absolute Gasteiger partial charge is 0.202 e. The number of likely N-dealkylation sites (N-methyl/N-ethyl adjacent to an activating group) is 1. The third-order valence-electron chi connectivity index (χ3n) is 5.08. The second-order valence-electron chi connectivity index (χ2n) is 7.11. The molecule has 0 unspecified atom stereocenters. The molecule has 2 heterocycles. The van der Waals surface area contributed by atoms with Crippen molar-refractivity contribution >= 4 is 29.5 Å². The van der Waals surface area contributed by atoms with Crippen LogP contribution in [-0.2, 0) is 6.54 Å². The molecule has 2 aromatic carbocycles. The standard InChI is InChI=1S/C23H21ClFN5OS/c1-28(18-9-11-26-12-10-18)13-14-29-23(32)30(19-6-3-16(24)4-7-19)22(27-29)20-15-17(25)5-8-21(20)31-2/h3-12,15H,13-14H2,1-2H3. The van der Waals surface area contributed by atoms with Crippen molar-refractivity contribution in [1.29, 1.82) is 0 Å². The average Bonchev–Trinajstić information content (AvgIpc) is 3.14. The molecule has 0 bridgehead atoms. The van der Waals surface area contributed by atoms with Crippen LogP contribution in [0.1, 0.15) is 0 Å². The van der Waals surface area contributed by atoms with Crippen LogP contribution in [0.25, 0.3) is 17.1 Å². The third-order valence-corrected chi connectivity index (χ3v) is 5.72. The summed E-state index contributed by atoms with van der Waals surface area (Å²) in [5, 5.41) is 5.36. The molecule has 9 heteroatoms. The molecule has 164 valence electrons. The largest absolute Gasteiger partial charge is 0.496 e. The first-order valence-electron chi connectivity index (χ1n) is 9.89. The summed E-state index contributed by atoms with van der Waals surface area (Å²) >= 11 is 11.9. The Morgan fingerprint density at radius 3 is 2.50 bits per heavy atom. The lowest BCUT2D eigenvalue weighted by molar-refractivity contribution is 0.415. The number of rotatable bonds is 7. The van der Waals surface area contributed by atoms with Gasteiger partial charge in [-0.2, -0.15) is 5.10 Å². The van der Waals surface area contributed by atoms with Gasteiger partial charge in [0.25, 0.3) is 0 Å². The molecule has 2 aromatic heterocycles. The number of hydrogen-bond acceptors (Lipinski definition) is 5. The van der Waals surface area contributed by atoms with E-state index < -0.39 is 0 Å². The van der Waals surface area contributed by atoms with E-state index in [-0.39, 0.29) is 5.82 Å². The Bertz CT molecular complexity index is 1270.